The van der Waals surface area contributed by atoms with Crippen LogP contribution in [0.15, 0.2) is 35.5 Å². The van der Waals surface area contributed by atoms with Crippen molar-refractivity contribution >= 4 is 10.4 Å². The molecule has 5 atom stereocenters. The van der Waals surface area contributed by atoms with Crippen LogP contribution >= 0.6 is 0 Å². The monoisotopic (exact) mass is 482 g/mol. The molecule has 0 aliphatic heterocycles. The molecule has 190 valence electrons. The van der Waals surface area contributed by atoms with Crippen LogP contribution in [-0.4, -0.2) is 28.7 Å². The maximum atomic E-state index is 10.0. The Balaban J connectivity index is 0.000000696. The van der Waals surface area contributed by atoms with Crippen LogP contribution in [0.1, 0.15) is 98.3 Å². The molecule has 3 fully saturated rings. The zero-order chi connectivity index (χ0) is 24.8. The lowest BCUT2D eigenvalue weighted by atomic mass is 9.60. The van der Waals surface area contributed by atoms with E-state index in [0.717, 1.165) is 42.9 Å². The highest BCUT2D eigenvalue weighted by Gasteiger charge is 2.50. The Morgan fingerprint density at radius 1 is 1.09 bits per heavy atom. The van der Waals surface area contributed by atoms with Gasteiger partial charge in [-0.05, 0) is 86.0 Å². The lowest BCUT2D eigenvalue weighted by Crippen LogP contribution is -2.36. The molecule has 5 nitrogen and oxygen atoms in total. The first kappa shape index (κ1) is 28.3. The Hall–Kier alpha value is -0.950. The van der Waals surface area contributed by atoms with Crippen LogP contribution in [0.3, 0.4) is 0 Å². The Bertz CT molecular complexity index is 817. The summed E-state index contributed by atoms with van der Waals surface area (Å²) in [4.78, 5) is 0. The largest absolute Gasteiger partial charge is 0.394 e. The minimum atomic E-state index is -4.67. The van der Waals surface area contributed by atoms with E-state index in [9.17, 15) is 5.11 Å². The van der Waals surface area contributed by atoms with Gasteiger partial charge in [0.25, 0.3) is 0 Å². The summed E-state index contributed by atoms with van der Waals surface area (Å²) in [5, 5.41) is 10.0. The van der Waals surface area contributed by atoms with Gasteiger partial charge in [0.2, 0.25) is 0 Å². The predicted octanol–water partition coefficient (Wildman–Crippen LogP) is 6.97. The summed E-state index contributed by atoms with van der Waals surface area (Å²) < 4.78 is 31.6. The summed E-state index contributed by atoms with van der Waals surface area (Å²) in [5.74, 6) is 3.37. The fourth-order valence-corrected chi connectivity index (χ4v) is 6.66. The summed E-state index contributed by atoms with van der Waals surface area (Å²) in [7, 11) is -4.67. The van der Waals surface area contributed by atoms with Crippen molar-refractivity contribution in [2.24, 2.45) is 29.1 Å². The van der Waals surface area contributed by atoms with E-state index in [1.165, 1.54) is 62.5 Å². The molecule has 0 unspecified atom stereocenters. The third-order valence-electron chi connectivity index (χ3n) is 8.35. The molecule has 0 bridgehead atoms. The molecule has 0 spiro atoms. The highest BCUT2D eigenvalue weighted by molar-refractivity contribution is 7.79. The van der Waals surface area contributed by atoms with E-state index in [4.69, 9.17) is 17.5 Å². The van der Waals surface area contributed by atoms with Crippen molar-refractivity contribution in [2.45, 2.75) is 104 Å². The van der Waals surface area contributed by atoms with E-state index in [0.29, 0.717) is 5.41 Å². The van der Waals surface area contributed by atoms with Crippen LogP contribution in [0, 0.1) is 29.1 Å². The summed E-state index contributed by atoms with van der Waals surface area (Å²) in [5.41, 5.74) is 4.72. The molecule has 0 saturated heterocycles. The molecule has 3 aliphatic carbocycles. The molecule has 0 aromatic carbocycles. The third kappa shape index (κ3) is 8.65. The van der Waals surface area contributed by atoms with Gasteiger partial charge >= 0.3 is 10.4 Å². The van der Waals surface area contributed by atoms with Gasteiger partial charge in [-0.15, -0.1) is 0 Å². The zero-order valence-electron chi connectivity index (χ0n) is 21.1. The second kappa shape index (κ2) is 12.1. The fraction of sp³-hybridized carbons (Fsp3) is 0.778. The van der Waals surface area contributed by atoms with Crippen LogP contribution in [0.25, 0.3) is 0 Å². The van der Waals surface area contributed by atoms with Crippen molar-refractivity contribution in [3.05, 3.63) is 35.5 Å². The molecule has 3 N–H and O–H groups in total. The van der Waals surface area contributed by atoms with Crippen LogP contribution in [0.2, 0.25) is 0 Å². The first-order valence-corrected chi connectivity index (χ1v) is 14.2. The first-order valence-electron chi connectivity index (χ1n) is 12.8. The van der Waals surface area contributed by atoms with Gasteiger partial charge in [-0.3, -0.25) is 9.11 Å². The molecule has 6 heteroatoms. The van der Waals surface area contributed by atoms with Crippen molar-refractivity contribution in [2.75, 3.05) is 0 Å². The van der Waals surface area contributed by atoms with Crippen molar-refractivity contribution in [1.82, 2.24) is 0 Å². The molecule has 3 saturated carbocycles. The van der Waals surface area contributed by atoms with Gasteiger partial charge in [-0.25, -0.2) is 0 Å². The maximum absolute atomic E-state index is 10.0. The van der Waals surface area contributed by atoms with E-state index in [2.05, 4.69) is 46.4 Å². The number of rotatable bonds is 6. The molecule has 0 heterocycles. The average Bonchev–Trinajstić information content (AvgIpc) is 3.04. The normalized spacial score (nSPS) is 33.7. The topological polar surface area (TPSA) is 94.8 Å². The second-order valence-electron chi connectivity index (χ2n) is 11.3. The summed E-state index contributed by atoms with van der Waals surface area (Å²) >= 11 is 0. The number of hydrogen-bond donors (Lipinski definition) is 3. The van der Waals surface area contributed by atoms with Gasteiger partial charge in [0.15, 0.2) is 0 Å². The Labute approximate surface area is 202 Å². The van der Waals surface area contributed by atoms with Gasteiger partial charge in [-0.1, -0.05) is 76.8 Å². The van der Waals surface area contributed by atoms with Crippen LogP contribution in [0.4, 0.5) is 0 Å². The summed E-state index contributed by atoms with van der Waals surface area (Å²) in [6.45, 7) is 14.1. The molecule has 0 amide bonds. The van der Waals surface area contributed by atoms with Crippen LogP contribution in [0.5, 0.6) is 0 Å². The summed E-state index contributed by atoms with van der Waals surface area (Å²) in [6, 6.07) is 0. The Kier molecular flexibility index (Phi) is 10.4. The standard InChI is InChI=1S/C27H44O.H2O4S/c1-19(2)8-6-9-21(4)25-15-16-26-22(10-7-17-27(25,26)5)12-13-23-18-24(28)14-11-20(23)3;1-5(2,3)4/h12-13,19,21,24-26,28H,3,6-11,14-18H2,1-2,4-5H3;(H2,1,2,3,4)/t21-,24+,25-,26+,27-;/m1./s1. The molecule has 0 radical (unpaired) electrons. The third-order valence-corrected chi connectivity index (χ3v) is 8.35. The zero-order valence-corrected chi connectivity index (χ0v) is 21.9. The molecule has 0 aromatic rings. The Morgan fingerprint density at radius 3 is 2.39 bits per heavy atom. The number of aliphatic hydroxyl groups excluding tert-OH is 1. The molecule has 0 aromatic heterocycles. The van der Waals surface area contributed by atoms with Gasteiger partial charge in [0, 0.05) is 0 Å². The van der Waals surface area contributed by atoms with Crippen LogP contribution < -0.4 is 0 Å². The molecule has 33 heavy (non-hydrogen) atoms. The number of allylic oxidation sites excluding steroid dienone is 4. The van der Waals surface area contributed by atoms with E-state index in [-0.39, 0.29) is 6.10 Å². The number of fused-ring (bicyclic) bond motifs is 1. The molecule has 3 aliphatic rings. The van der Waals surface area contributed by atoms with Crippen molar-refractivity contribution in [1.29, 1.82) is 0 Å². The highest BCUT2D eigenvalue weighted by atomic mass is 32.3. The average molecular weight is 483 g/mol. The minimum absolute atomic E-state index is 0.172. The fourth-order valence-electron chi connectivity index (χ4n) is 6.66. The lowest BCUT2D eigenvalue weighted by molar-refractivity contribution is 0.0928. The first-order chi connectivity index (χ1) is 15.3. The predicted molar refractivity (Wildman–Crippen MR) is 135 cm³/mol. The lowest BCUT2D eigenvalue weighted by Gasteiger charge is -2.44. The SMILES string of the molecule is C=C1CC[C@H](O)CC1=CC=C1CCC[C@]2(C)[C@@H]([C@H](C)CCCC(C)C)CC[C@@H]12.O=S(=O)(O)O. The molecular weight excluding hydrogens is 436 g/mol. The van der Waals surface area contributed by atoms with E-state index in [1.807, 2.05) is 0 Å². The second-order valence-corrected chi connectivity index (χ2v) is 12.2. The quantitative estimate of drug-likeness (QED) is 0.355. The maximum Gasteiger partial charge on any atom is 0.394 e. The van der Waals surface area contributed by atoms with Crippen molar-refractivity contribution in [3.63, 3.8) is 0 Å². The highest BCUT2D eigenvalue weighted by Crippen LogP contribution is 2.59. The smallest absolute Gasteiger partial charge is 0.393 e. The number of aliphatic hydroxyl groups is 1. The van der Waals surface area contributed by atoms with E-state index >= 15 is 0 Å². The summed E-state index contributed by atoms with van der Waals surface area (Å²) in [6.07, 6.45) is 18.2. The minimum Gasteiger partial charge on any atom is -0.393 e. The van der Waals surface area contributed by atoms with Crippen LogP contribution in [-0.2, 0) is 10.4 Å². The molecule has 3 rings (SSSR count). The number of hydrogen-bond acceptors (Lipinski definition) is 3. The molecular formula is C27H46O5S. The Morgan fingerprint density at radius 2 is 1.76 bits per heavy atom. The van der Waals surface area contributed by atoms with Crippen molar-refractivity contribution in [3.8, 4) is 0 Å². The van der Waals surface area contributed by atoms with Gasteiger partial charge in [0.1, 0.15) is 0 Å². The van der Waals surface area contributed by atoms with Crippen molar-refractivity contribution < 1.29 is 22.6 Å². The van der Waals surface area contributed by atoms with Gasteiger partial charge < -0.3 is 5.11 Å². The van der Waals surface area contributed by atoms with Gasteiger partial charge in [-0.2, -0.15) is 8.42 Å². The van der Waals surface area contributed by atoms with E-state index in [1.54, 1.807) is 5.57 Å². The van der Waals surface area contributed by atoms with Gasteiger partial charge in [0.05, 0.1) is 6.10 Å². The van der Waals surface area contributed by atoms with E-state index < -0.39 is 10.4 Å².